The van der Waals surface area contributed by atoms with Crippen molar-refractivity contribution in [2.24, 2.45) is 0 Å². The van der Waals surface area contributed by atoms with Crippen LogP contribution in [0.5, 0.6) is 0 Å². The van der Waals surface area contributed by atoms with Crippen LogP contribution in [0, 0.1) is 0 Å². The standard InChI is InChI=1S/C24H23N5O3/c1-2-10-29-21-18(22(30)26-24(29)32)14-17(15-25-21)23(31)28-13-12-27-11-6-9-19(27)20(28)16-7-4-3-5-8-16/h3-9,11,14-15,20H,2,10,12-13H2,1H3,(H,26,30,32). The number of nitrogens with one attached hydrogen (secondary N) is 1. The Balaban J connectivity index is 1.60. The highest BCUT2D eigenvalue weighted by molar-refractivity contribution is 5.97. The maximum Gasteiger partial charge on any atom is 0.329 e. The van der Waals surface area contributed by atoms with E-state index in [0.29, 0.717) is 30.8 Å². The first-order chi connectivity index (χ1) is 15.6. The molecule has 8 nitrogen and oxygen atoms in total. The number of pyridine rings is 1. The molecule has 0 radical (unpaired) electrons. The van der Waals surface area contributed by atoms with Gasteiger partial charge in [-0.05, 0) is 30.2 Å². The molecule has 32 heavy (non-hydrogen) atoms. The molecule has 5 rings (SSSR count). The Labute approximate surface area is 183 Å². The Morgan fingerprint density at radius 2 is 1.94 bits per heavy atom. The maximum absolute atomic E-state index is 13.6. The lowest BCUT2D eigenvalue weighted by atomic mass is 9.99. The van der Waals surface area contributed by atoms with E-state index in [1.807, 2.05) is 60.5 Å². The number of carbonyl (C=O) groups is 1. The first kappa shape index (κ1) is 20.0. The summed E-state index contributed by atoms with van der Waals surface area (Å²) in [5.41, 5.74) is 1.65. The number of aryl methyl sites for hydroxylation is 1. The van der Waals surface area contributed by atoms with Crippen molar-refractivity contribution < 1.29 is 4.79 Å². The summed E-state index contributed by atoms with van der Waals surface area (Å²) in [7, 11) is 0. The molecule has 1 aromatic carbocycles. The molecule has 0 aliphatic carbocycles. The summed E-state index contributed by atoms with van der Waals surface area (Å²) >= 11 is 0. The number of hydrogen-bond donors (Lipinski definition) is 1. The molecule has 162 valence electrons. The fourth-order valence-corrected chi connectivity index (χ4v) is 4.47. The fourth-order valence-electron chi connectivity index (χ4n) is 4.47. The van der Waals surface area contributed by atoms with Gasteiger partial charge in [0.1, 0.15) is 5.65 Å². The summed E-state index contributed by atoms with van der Waals surface area (Å²) in [5, 5.41) is 0.237. The summed E-state index contributed by atoms with van der Waals surface area (Å²) < 4.78 is 3.60. The van der Waals surface area contributed by atoms with Crippen LogP contribution in [0.3, 0.4) is 0 Å². The molecule has 1 unspecified atom stereocenters. The molecule has 4 aromatic rings. The summed E-state index contributed by atoms with van der Waals surface area (Å²) in [6.07, 6.45) is 4.21. The van der Waals surface area contributed by atoms with Gasteiger partial charge in [0.15, 0.2) is 0 Å². The first-order valence-electron chi connectivity index (χ1n) is 10.7. The molecule has 1 amide bonds. The number of amides is 1. The lowest BCUT2D eigenvalue weighted by Gasteiger charge is -2.37. The number of benzene rings is 1. The Morgan fingerprint density at radius 1 is 1.12 bits per heavy atom. The third-order valence-corrected chi connectivity index (χ3v) is 5.94. The molecule has 1 N–H and O–H groups in total. The molecule has 1 aliphatic heterocycles. The van der Waals surface area contributed by atoms with Gasteiger partial charge >= 0.3 is 5.69 Å². The average Bonchev–Trinajstić information content (AvgIpc) is 3.30. The molecule has 0 bridgehead atoms. The first-order valence-corrected chi connectivity index (χ1v) is 10.7. The van der Waals surface area contributed by atoms with Gasteiger partial charge in [-0.15, -0.1) is 0 Å². The van der Waals surface area contributed by atoms with Gasteiger partial charge in [0, 0.05) is 37.7 Å². The number of rotatable bonds is 4. The van der Waals surface area contributed by atoms with Crippen molar-refractivity contribution in [2.75, 3.05) is 6.54 Å². The van der Waals surface area contributed by atoms with E-state index in [1.54, 1.807) is 6.07 Å². The van der Waals surface area contributed by atoms with E-state index in [2.05, 4.69) is 14.5 Å². The molecule has 0 fully saturated rings. The molecule has 4 heterocycles. The Bertz CT molecular complexity index is 1420. The molecule has 0 saturated carbocycles. The normalized spacial score (nSPS) is 15.7. The van der Waals surface area contributed by atoms with Crippen LogP contribution in [0.15, 0.2) is 70.5 Å². The third kappa shape index (κ3) is 3.24. The minimum atomic E-state index is -0.536. The number of carbonyl (C=O) groups excluding carboxylic acids is 1. The van der Waals surface area contributed by atoms with Crippen LogP contribution in [0.1, 0.15) is 41.0 Å². The van der Waals surface area contributed by atoms with Crippen molar-refractivity contribution in [3.8, 4) is 0 Å². The van der Waals surface area contributed by atoms with E-state index in [9.17, 15) is 14.4 Å². The van der Waals surface area contributed by atoms with Crippen molar-refractivity contribution in [2.45, 2.75) is 32.5 Å². The molecule has 1 atom stereocenters. The molecule has 0 spiro atoms. The van der Waals surface area contributed by atoms with Crippen molar-refractivity contribution in [3.63, 3.8) is 0 Å². The monoisotopic (exact) mass is 429 g/mol. The van der Waals surface area contributed by atoms with Crippen LogP contribution < -0.4 is 11.2 Å². The van der Waals surface area contributed by atoms with E-state index in [1.165, 1.54) is 10.8 Å². The van der Waals surface area contributed by atoms with E-state index in [4.69, 9.17) is 0 Å². The number of aromatic nitrogens is 4. The van der Waals surface area contributed by atoms with Gasteiger partial charge in [-0.1, -0.05) is 37.3 Å². The second-order valence-electron chi connectivity index (χ2n) is 7.94. The van der Waals surface area contributed by atoms with Crippen LogP contribution in [0.25, 0.3) is 11.0 Å². The van der Waals surface area contributed by atoms with Crippen LogP contribution >= 0.6 is 0 Å². The summed E-state index contributed by atoms with van der Waals surface area (Å²) in [6.45, 7) is 3.60. The zero-order valence-corrected chi connectivity index (χ0v) is 17.7. The van der Waals surface area contributed by atoms with Gasteiger partial charge in [-0.2, -0.15) is 0 Å². The van der Waals surface area contributed by atoms with Crippen molar-refractivity contribution in [1.29, 1.82) is 0 Å². The Hall–Kier alpha value is -3.94. The van der Waals surface area contributed by atoms with Crippen molar-refractivity contribution in [3.05, 3.63) is 98.6 Å². The SMILES string of the molecule is CCCn1c(=O)[nH]c(=O)c2cc(C(=O)N3CCn4cccc4C3c3ccccc3)cnc21. The molecular formula is C24H23N5O3. The van der Waals surface area contributed by atoms with E-state index < -0.39 is 11.2 Å². The number of hydrogen-bond acceptors (Lipinski definition) is 4. The summed E-state index contributed by atoms with van der Waals surface area (Å²) in [4.78, 5) is 46.8. The van der Waals surface area contributed by atoms with E-state index >= 15 is 0 Å². The highest BCUT2D eigenvalue weighted by Gasteiger charge is 2.33. The second-order valence-corrected chi connectivity index (χ2v) is 7.94. The quantitative estimate of drug-likeness (QED) is 0.540. The zero-order chi connectivity index (χ0) is 22.2. The summed E-state index contributed by atoms with van der Waals surface area (Å²) in [6, 6.07) is 15.2. The van der Waals surface area contributed by atoms with Crippen LogP contribution in [0.2, 0.25) is 0 Å². The highest BCUT2D eigenvalue weighted by Crippen LogP contribution is 2.33. The molecular weight excluding hydrogens is 406 g/mol. The largest absolute Gasteiger partial charge is 0.348 e. The van der Waals surface area contributed by atoms with Crippen molar-refractivity contribution in [1.82, 2.24) is 24.0 Å². The van der Waals surface area contributed by atoms with Gasteiger partial charge in [0.05, 0.1) is 17.0 Å². The maximum atomic E-state index is 13.6. The predicted molar refractivity (Wildman–Crippen MR) is 121 cm³/mol. The second kappa shape index (κ2) is 7.96. The topological polar surface area (TPSA) is 93.0 Å². The molecule has 1 aliphatic rings. The fraction of sp³-hybridized carbons (Fsp3) is 0.250. The number of aromatic amines is 1. The lowest BCUT2D eigenvalue weighted by Crippen LogP contribution is -2.42. The minimum Gasteiger partial charge on any atom is -0.348 e. The lowest BCUT2D eigenvalue weighted by molar-refractivity contribution is 0.0664. The third-order valence-electron chi connectivity index (χ3n) is 5.94. The highest BCUT2D eigenvalue weighted by atomic mass is 16.2. The average molecular weight is 429 g/mol. The molecule has 3 aromatic heterocycles. The van der Waals surface area contributed by atoms with Crippen LogP contribution in [0.4, 0.5) is 0 Å². The minimum absolute atomic E-state index is 0.201. The van der Waals surface area contributed by atoms with Crippen molar-refractivity contribution >= 4 is 16.9 Å². The summed E-state index contributed by atoms with van der Waals surface area (Å²) in [5.74, 6) is -0.201. The van der Waals surface area contributed by atoms with E-state index in [0.717, 1.165) is 17.7 Å². The van der Waals surface area contributed by atoms with Gasteiger partial charge < -0.3 is 9.47 Å². The smallest absolute Gasteiger partial charge is 0.329 e. The van der Waals surface area contributed by atoms with Gasteiger partial charge in [0.25, 0.3) is 11.5 Å². The van der Waals surface area contributed by atoms with E-state index in [-0.39, 0.29) is 17.3 Å². The molecule has 0 saturated heterocycles. The number of nitrogens with zero attached hydrogens (tertiary/aromatic N) is 4. The number of H-pyrrole nitrogens is 1. The predicted octanol–water partition coefficient (Wildman–Crippen LogP) is 2.54. The zero-order valence-electron chi connectivity index (χ0n) is 17.7. The van der Waals surface area contributed by atoms with Crippen LogP contribution in [-0.4, -0.2) is 36.5 Å². The van der Waals surface area contributed by atoms with Crippen LogP contribution in [-0.2, 0) is 13.1 Å². The Morgan fingerprint density at radius 3 is 2.72 bits per heavy atom. The van der Waals surface area contributed by atoms with Gasteiger partial charge in [-0.3, -0.25) is 19.1 Å². The van der Waals surface area contributed by atoms with Gasteiger partial charge in [0.2, 0.25) is 0 Å². The Kier molecular flexibility index (Phi) is 4.97. The molecule has 8 heteroatoms. The van der Waals surface area contributed by atoms with Gasteiger partial charge in [-0.25, -0.2) is 9.78 Å². The number of fused-ring (bicyclic) bond motifs is 2.